The predicted octanol–water partition coefficient (Wildman–Crippen LogP) is 1.79. The Kier molecular flexibility index (Phi) is 6.18. The number of rotatable bonds is 7. The Hall–Kier alpha value is -0.910. The van der Waals surface area contributed by atoms with Gasteiger partial charge in [-0.2, -0.15) is 0 Å². The Morgan fingerprint density at radius 3 is 2.29 bits per heavy atom. The van der Waals surface area contributed by atoms with Gasteiger partial charge in [0.1, 0.15) is 0 Å². The zero-order valence-corrected chi connectivity index (χ0v) is 11.4. The summed E-state index contributed by atoms with van der Waals surface area (Å²) >= 11 is 1.48. The number of aryl methyl sites for hydroxylation is 1. The Morgan fingerprint density at radius 2 is 1.88 bits per heavy atom. The molecule has 0 fully saturated rings. The summed E-state index contributed by atoms with van der Waals surface area (Å²) in [7, 11) is 3.27. The molecular weight excluding hydrogens is 238 g/mol. The third-order valence-corrected chi connectivity index (χ3v) is 3.48. The SMILES string of the molecule is COCCN(CCOC)C(=O)c1sccc1C. The number of nitrogens with zero attached hydrogens (tertiary/aromatic N) is 1. The van der Waals surface area contributed by atoms with Gasteiger partial charge in [-0.15, -0.1) is 11.3 Å². The third kappa shape index (κ3) is 4.11. The van der Waals surface area contributed by atoms with E-state index in [1.54, 1.807) is 19.1 Å². The molecule has 17 heavy (non-hydrogen) atoms. The Bertz CT molecular complexity index is 343. The minimum atomic E-state index is 0.0617. The molecule has 0 unspecified atom stereocenters. The van der Waals surface area contributed by atoms with Crippen molar-refractivity contribution < 1.29 is 14.3 Å². The molecule has 0 spiro atoms. The molecule has 0 saturated heterocycles. The van der Waals surface area contributed by atoms with Crippen molar-refractivity contribution in [2.45, 2.75) is 6.92 Å². The van der Waals surface area contributed by atoms with Crippen molar-refractivity contribution in [2.75, 3.05) is 40.5 Å². The van der Waals surface area contributed by atoms with Gasteiger partial charge in [0.2, 0.25) is 0 Å². The highest BCUT2D eigenvalue weighted by Crippen LogP contribution is 2.17. The summed E-state index contributed by atoms with van der Waals surface area (Å²) < 4.78 is 10.0. The molecule has 0 aliphatic rings. The molecule has 0 saturated carbocycles. The quantitative estimate of drug-likeness (QED) is 0.747. The Balaban J connectivity index is 2.68. The maximum Gasteiger partial charge on any atom is 0.264 e. The van der Waals surface area contributed by atoms with Crippen LogP contribution >= 0.6 is 11.3 Å². The molecule has 0 atom stereocenters. The number of thiophene rings is 1. The van der Waals surface area contributed by atoms with E-state index in [2.05, 4.69) is 0 Å². The van der Waals surface area contributed by atoms with Crippen LogP contribution in [0.25, 0.3) is 0 Å². The number of ether oxygens (including phenoxy) is 2. The molecule has 1 aromatic rings. The van der Waals surface area contributed by atoms with Gasteiger partial charge in [0.25, 0.3) is 5.91 Å². The Labute approximate surface area is 106 Å². The zero-order chi connectivity index (χ0) is 12.7. The van der Waals surface area contributed by atoms with Crippen LogP contribution in [0.1, 0.15) is 15.2 Å². The van der Waals surface area contributed by atoms with E-state index in [-0.39, 0.29) is 5.91 Å². The molecule has 96 valence electrons. The summed E-state index contributed by atoms with van der Waals surface area (Å²) in [5.41, 5.74) is 1.03. The van der Waals surface area contributed by atoms with Gasteiger partial charge in [0, 0.05) is 27.3 Å². The van der Waals surface area contributed by atoms with Crippen molar-refractivity contribution in [3.8, 4) is 0 Å². The van der Waals surface area contributed by atoms with Crippen molar-refractivity contribution in [3.63, 3.8) is 0 Å². The lowest BCUT2D eigenvalue weighted by molar-refractivity contribution is 0.0631. The minimum absolute atomic E-state index is 0.0617. The van der Waals surface area contributed by atoms with Crippen molar-refractivity contribution >= 4 is 17.2 Å². The lowest BCUT2D eigenvalue weighted by Crippen LogP contribution is -2.36. The normalized spacial score (nSPS) is 10.5. The van der Waals surface area contributed by atoms with Crippen LogP contribution in [0.15, 0.2) is 11.4 Å². The van der Waals surface area contributed by atoms with Crippen LogP contribution in [0.3, 0.4) is 0 Å². The van der Waals surface area contributed by atoms with Gasteiger partial charge in [0.15, 0.2) is 0 Å². The van der Waals surface area contributed by atoms with Gasteiger partial charge in [0.05, 0.1) is 18.1 Å². The first kappa shape index (κ1) is 14.2. The lowest BCUT2D eigenvalue weighted by Gasteiger charge is -2.21. The van der Waals surface area contributed by atoms with Crippen LogP contribution in [0.2, 0.25) is 0 Å². The van der Waals surface area contributed by atoms with Gasteiger partial charge >= 0.3 is 0 Å². The van der Waals surface area contributed by atoms with Crippen molar-refractivity contribution in [2.24, 2.45) is 0 Å². The average Bonchev–Trinajstić information content (AvgIpc) is 2.75. The van der Waals surface area contributed by atoms with E-state index in [1.165, 1.54) is 11.3 Å². The second kappa shape index (κ2) is 7.42. The van der Waals surface area contributed by atoms with Crippen molar-refractivity contribution in [3.05, 3.63) is 21.9 Å². The predicted molar refractivity (Wildman–Crippen MR) is 68.7 cm³/mol. The second-order valence-electron chi connectivity index (χ2n) is 3.71. The molecule has 1 heterocycles. The number of carbonyl (C=O) groups excluding carboxylic acids is 1. The second-order valence-corrected chi connectivity index (χ2v) is 4.63. The lowest BCUT2D eigenvalue weighted by atomic mass is 10.2. The molecule has 0 N–H and O–H groups in total. The summed E-state index contributed by atoms with van der Waals surface area (Å²) in [6.07, 6.45) is 0. The van der Waals surface area contributed by atoms with E-state index in [1.807, 2.05) is 18.4 Å². The standard InChI is InChI=1S/C12H19NO3S/c1-10-4-9-17-11(10)12(14)13(5-7-15-2)6-8-16-3/h4,9H,5-8H2,1-3H3. The first-order valence-corrected chi connectivity index (χ1v) is 6.40. The van der Waals surface area contributed by atoms with E-state index < -0.39 is 0 Å². The van der Waals surface area contributed by atoms with Gasteiger partial charge in [-0.1, -0.05) is 0 Å². The molecule has 0 aliphatic heterocycles. The van der Waals surface area contributed by atoms with Crippen LogP contribution in [-0.4, -0.2) is 51.3 Å². The molecule has 0 aromatic carbocycles. The maximum atomic E-state index is 12.3. The van der Waals surface area contributed by atoms with Crippen LogP contribution in [0, 0.1) is 6.92 Å². The van der Waals surface area contributed by atoms with Crippen molar-refractivity contribution in [1.29, 1.82) is 0 Å². The summed E-state index contributed by atoms with van der Waals surface area (Å²) in [5, 5.41) is 1.94. The monoisotopic (exact) mass is 257 g/mol. The molecule has 0 bridgehead atoms. The van der Waals surface area contributed by atoms with Gasteiger partial charge in [-0.05, 0) is 23.9 Å². The number of carbonyl (C=O) groups is 1. The smallest absolute Gasteiger partial charge is 0.264 e. The zero-order valence-electron chi connectivity index (χ0n) is 10.6. The number of amides is 1. The highest BCUT2D eigenvalue weighted by atomic mass is 32.1. The molecular formula is C12H19NO3S. The van der Waals surface area contributed by atoms with Crippen LogP contribution < -0.4 is 0 Å². The fraction of sp³-hybridized carbons (Fsp3) is 0.583. The minimum Gasteiger partial charge on any atom is -0.383 e. The summed E-state index contributed by atoms with van der Waals surface area (Å²) in [6.45, 7) is 4.22. The largest absolute Gasteiger partial charge is 0.383 e. The summed E-state index contributed by atoms with van der Waals surface area (Å²) in [6, 6.07) is 1.96. The van der Waals surface area contributed by atoms with Crippen LogP contribution in [-0.2, 0) is 9.47 Å². The first-order chi connectivity index (χ1) is 8.20. The maximum absolute atomic E-state index is 12.3. The number of methoxy groups -OCH3 is 2. The number of hydrogen-bond acceptors (Lipinski definition) is 4. The topological polar surface area (TPSA) is 38.8 Å². The van der Waals surface area contributed by atoms with E-state index >= 15 is 0 Å². The van der Waals surface area contributed by atoms with Crippen LogP contribution in [0.4, 0.5) is 0 Å². The average molecular weight is 257 g/mol. The molecule has 1 aromatic heterocycles. The van der Waals surface area contributed by atoms with E-state index in [9.17, 15) is 4.79 Å². The Morgan fingerprint density at radius 1 is 1.29 bits per heavy atom. The highest BCUT2D eigenvalue weighted by Gasteiger charge is 2.18. The molecule has 0 aliphatic carbocycles. The van der Waals surface area contributed by atoms with E-state index in [4.69, 9.17) is 9.47 Å². The molecule has 4 nitrogen and oxygen atoms in total. The molecule has 1 rings (SSSR count). The van der Waals surface area contributed by atoms with Gasteiger partial charge in [-0.3, -0.25) is 4.79 Å². The van der Waals surface area contributed by atoms with Crippen molar-refractivity contribution in [1.82, 2.24) is 4.90 Å². The number of hydrogen-bond donors (Lipinski definition) is 0. The summed E-state index contributed by atoms with van der Waals surface area (Å²) in [5.74, 6) is 0.0617. The first-order valence-electron chi connectivity index (χ1n) is 5.52. The third-order valence-electron chi connectivity index (χ3n) is 2.47. The van der Waals surface area contributed by atoms with E-state index in [0.717, 1.165) is 10.4 Å². The van der Waals surface area contributed by atoms with Gasteiger partial charge in [-0.25, -0.2) is 0 Å². The fourth-order valence-corrected chi connectivity index (χ4v) is 2.35. The molecule has 1 amide bonds. The van der Waals surface area contributed by atoms with Gasteiger partial charge < -0.3 is 14.4 Å². The summed E-state index contributed by atoms with van der Waals surface area (Å²) in [4.78, 5) is 14.8. The highest BCUT2D eigenvalue weighted by molar-refractivity contribution is 7.12. The molecule has 0 radical (unpaired) electrons. The van der Waals surface area contributed by atoms with Crippen LogP contribution in [0.5, 0.6) is 0 Å². The molecule has 5 heteroatoms. The fourth-order valence-electron chi connectivity index (χ4n) is 1.45. The van der Waals surface area contributed by atoms with E-state index in [0.29, 0.717) is 26.3 Å².